The SMILES string of the molecule is CCn1cc([N+](=O)[O-])c(C(=O)NCc2cccnc2)n1. The van der Waals surface area contributed by atoms with Crippen LogP contribution in [-0.2, 0) is 13.1 Å². The highest BCUT2D eigenvalue weighted by Gasteiger charge is 2.25. The van der Waals surface area contributed by atoms with Crippen molar-refractivity contribution in [3.8, 4) is 0 Å². The van der Waals surface area contributed by atoms with E-state index in [1.807, 2.05) is 0 Å². The number of hydrogen-bond donors (Lipinski definition) is 1. The summed E-state index contributed by atoms with van der Waals surface area (Å²) in [5.41, 5.74) is 0.328. The van der Waals surface area contributed by atoms with E-state index in [1.165, 1.54) is 10.9 Å². The normalized spacial score (nSPS) is 10.2. The van der Waals surface area contributed by atoms with Crippen molar-refractivity contribution in [3.05, 3.63) is 52.1 Å². The van der Waals surface area contributed by atoms with Crippen LogP contribution in [0.15, 0.2) is 30.7 Å². The molecular formula is C12H13N5O3. The fourth-order valence-electron chi connectivity index (χ4n) is 1.64. The summed E-state index contributed by atoms with van der Waals surface area (Å²) < 4.78 is 1.36. The Morgan fingerprint density at radius 3 is 2.95 bits per heavy atom. The van der Waals surface area contributed by atoms with E-state index in [1.54, 1.807) is 31.5 Å². The van der Waals surface area contributed by atoms with Crippen LogP contribution in [0.5, 0.6) is 0 Å². The molecule has 0 bridgehead atoms. The maximum Gasteiger partial charge on any atom is 0.320 e. The number of nitrogens with zero attached hydrogens (tertiary/aromatic N) is 4. The van der Waals surface area contributed by atoms with Gasteiger partial charge in [0.1, 0.15) is 6.20 Å². The molecule has 2 aromatic rings. The van der Waals surface area contributed by atoms with Crippen molar-refractivity contribution in [2.24, 2.45) is 0 Å². The first-order valence-electron chi connectivity index (χ1n) is 6.00. The molecule has 2 rings (SSSR count). The molecular weight excluding hydrogens is 262 g/mol. The minimum atomic E-state index is -0.613. The molecule has 20 heavy (non-hydrogen) atoms. The molecule has 0 saturated heterocycles. The molecule has 8 heteroatoms. The summed E-state index contributed by atoms with van der Waals surface area (Å²) in [6.07, 6.45) is 4.48. The number of pyridine rings is 1. The van der Waals surface area contributed by atoms with Gasteiger partial charge in [-0.3, -0.25) is 24.6 Å². The Morgan fingerprint density at radius 1 is 1.55 bits per heavy atom. The van der Waals surface area contributed by atoms with Gasteiger partial charge in [0.15, 0.2) is 0 Å². The van der Waals surface area contributed by atoms with Crippen molar-refractivity contribution in [3.63, 3.8) is 0 Å². The lowest BCUT2D eigenvalue weighted by atomic mass is 10.3. The van der Waals surface area contributed by atoms with Gasteiger partial charge in [-0.25, -0.2) is 0 Å². The van der Waals surface area contributed by atoms with Gasteiger partial charge < -0.3 is 5.32 Å². The van der Waals surface area contributed by atoms with Gasteiger partial charge in [0.25, 0.3) is 5.91 Å². The van der Waals surface area contributed by atoms with E-state index in [0.717, 1.165) is 5.56 Å². The topological polar surface area (TPSA) is 103 Å². The summed E-state index contributed by atoms with van der Waals surface area (Å²) in [5.74, 6) is -0.576. The monoisotopic (exact) mass is 275 g/mol. The molecule has 0 atom stereocenters. The molecule has 0 aromatic carbocycles. The van der Waals surface area contributed by atoms with Crippen LogP contribution in [0.3, 0.4) is 0 Å². The van der Waals surface area contributed by atoms with Crippen LogP contribution < -0.4 is 5.32 Å². The Kier molecular flexibility index (Phi) is 4.04. The second-order valence-electron chi connectivity index (χ2n) is 4.02. The molecule has 0 spiro atoms. The van der Waals surface area contributed by atoms with Crippen molar-refractivity contribution in [2.75, 3.05) is 0 Å². The highest BCUT2D eigenvalue weighted by molar-refractivity contribution is 5.95. The molecule has 0 aliphatic heterocycles. The third-order valence-electron chi connectivity index (χ3n) is 2.65. The Hall–Kier alpha value is -2.77. The standard InChI is InChI=1S/C12H13N5O3/c1-2-16-8-10(17(19)20)11(15-16)12(18)14-7-9-4-3-5-13-6-9/h3-6,8H,2,7H2,1H3,(H,14,18). The Morgan fingerprint density at radius 2 is 2.35 bits per heavy atom. The number of aromatic nitrogens is 3. The average Bonchev–Trinajstić information content (AvgIpc) is 2.90. The van der Waals surface area contributed by atoms with Gasteiger partial charge >= 0.3 is 5.69 Å². The molecule has 2 heterocycles. The van der Waals surface area contributed by atoms with Crippen LogP contribution >= 0.6 is 0 Å². The molecule has 1 N–H and O–H groups in total. The Labute approximate surface area is 114 Å². The van der Waals surface area contributed by atoms with Crippen molar-refractivity contribution in [1.82, 2.24) is 20.1 Å². The maximum absolute atomic E-state index is 12.0. The second kappa shape index (κ2) is 5.91. The van der Waals surface area contributed by atoms with Crippen LogP contribution in [0.25, 0.3) is 0 Å². The minimum Gasteiger partial charge on any atom is -0.346 e. The van der Waals surface area contributed by atoms with E-state index >= 15 is 0 Å². The van der Waals surface area contributed by atoms with Crippen molar-refractivity contribution in [2.45, 2.75) is 20.0 Å². The molecule has 0 saturated carbocycles. The molecule has 0 aliphatic rings. The first kappa shape index (κ1) is 13.7. The predicted octanol–water partition coefficient (Wildman–Crippen LogP) is 1.14. The van der Waals surface area contributed by atoms with Gasteiger partial charge in [-0.15, -0.1) is 0 Å². The number of nitro groups is 1. The summed E-state index contributed by atoms with van der Waals surface area (Å²) in [5, 5.41) is 17.4. The molecule has 1 amide bonds. The number of rotatable bonds is 5. The molecule has 8 nitrogen and oxygen atoms in total. The van der Waals surface area contributed by atoms with E-state index in [9.17, 15) is 14.9 Å². The number of aryl methyl sites for hydroxylation is 1. The van der Waals surface area contributed by atoms with Crippen LogP contribution in [0.1, 0.15) is 23.0 Å². The Balaban J connectivity index is 2.13. The van der Waals surface area contributed by atoms with E-state index in [-0.39, 0.29) is 17.9 Å². The number of hydrogen-bond acceptors (Lipinski definition) is 5. The second-order valence-corrected chi connectivity index (χ2v) is 4.02. The summed E-state index contributed by atoms with van der Waals surface area (Å²) >= 11 is 0. The van der Waals surface area contributed by atoms with Crippen molar-refractivity contribution >= 4 is 11.6 Å². The summed E-state index contributed by atoms with van der Waals surface area (Å²) in [6, 6.07) is 3.54. The van der Waals surface area contributed by atoms with Crippen molar-refractivity contribution < 1.29 is 9.72 Å². The van der Waals surface area contributed by atoms with Gasteiger partial charge in [0.05, 0.1) is 4.92 Å². The fraction of sp³-hybridized carbons (Fsp3) is 0.250. The first-order valence-corrected chi connectivity index (χ1v) is 6.00. The quantitative estimate of drug-likeness (QED) is 0.651. The molecule has 0 fully saturated rings. The predicted molar refractivity (Wildman–Crippen MR) is 70.0 cm³/mol. The number of amides is 1. The van der Waals surface area contributed by atoms with E-state index in [2.05, 4.69) is 15.4 Å². The van der Waals surface area contributed by atoms with Gasteiger partial charge in [0.2, 0.25) is 5.69 Å². The minimum absolute atomic E-state index is 0.180. The summed E-state index contributed by atoms with van der Waals surface area (Å²) in [4.78, 5) is 26.2. The third-order valence-corrected chi connectivity index (χ3v) is 2.65. The smallest absolute Gasteiger partial charge is 0.320 e. The van der Waals surface area contributed by atoms with Crippen molar-refractivity contribution in [1.29, 1.82) is 0 Å². The highest BCUT2D eigenvalue weighted by Crippen LogP contribution is 2.16. The van der Waals surface area contributed by atoms with Gasteiger partial charge in [0, 0.05) is 25.5 Å². The summed E-state index contributed by atoms with van der Waals surface area (Å²) in [7, 11) is 0. The molecule has 2 aromatic heterocycles. The zero-order chi connectivity index (χ0) is 14.5. The lowest BCUT2D eigenvalue weighted by Gasteiger charge is -2.02. The number of carbonyl (C=O) groups is 1. The highest BCUT2D eigenvalue weighted by atomic mass is 16.6. The van der Waals surface area contributed by atoms with Gasteiger partial charge in [-0.2, -0.15) is 5.10 Å². The Bertz CT molecular complexity index is 623. The zero-order valence-corrected chi connectivity index (χ0v) is 10.8. The molecule has 104 valence electrons. The number of nitrogens with one attached hydrogen (secondary N) is 1. The van der Waals surface area contributed by atoms with Crippen LogP contribution in [0, 0.1) is 10.1 Å². The third kappa shape index (κ3) is 2.97. The number of carbonyl (C=O) groups excluding carboxylic acids is 1. The lowest BCUT2D eigenvalue weighted by molar-refractivity contribution is -0.385. The van der Waals surface area contributed by atoms with E-state index < -0.39 is 10.8 Å². The molecule has 0 unspecified atom stereocenters. The first-order chi connectivity index (χ1) is 9.61. The van der Waals surface area contributed by atoms with Gasteiger partial charge in [-0.05, 0) is 18.6 Å². The fourth-order valence-corrected chi connectivity index (χ4v) is 1.64. The van der Waals surface area contributed by atoms with Crippen LogP contribution in [0.2, 0.25) is 0 Å². The zero-order valence-electron chi connectivity index (χ0n) is 10.8. The van der Waals surface area contributed by atoms with Crippen LogP contribution in [0.4, 0.5) is 5.69 Å². The summed E-state index contributed by atoms with van der Waals surface area (Å²) in [6.45, 7) is 2.48. The maximum atomic E-state index is 12.0. The van der Waals surface area contributed by atoms with E-state index in [0.29, 0.717) is 6.54 Å². The lowest BCUT2D eigenvalue weighted by Crippen LogP contribution is -2.24. The van der Waals surface area contributed by atoms with Crippen LogP contribution in [-0.4, -0.2) is 25.6 Å². The molecule has 0 aliphatic carbocycles. The van der Waals surface area contributed by atoms with Gasteiger partial charge in [-0.1, -0.05) is 6.07 Å². The van der Waals surface area contributed by atoms with E-state index in [4.69, 9.17) is 0 Å². The average molecular weight is 275 g/mol. The largest absolute Gasteiger partial charge is 0.346 e. The molecule has 0 radical (unpaired) electrons.